The number of nitrogens with one attached hydrogen (secondary N) is 1. The summed E-state index contributed by atoms with van der Waals surface area (Å²) in [5, 5.41) is 3.58. The maximum atomic E-state index is 5.48. The molecule has 2 rings (SSSR count). The molecule has 2 saturated heterocycles. The molecule has 0 saturated carbocycles. The topological polar surface area (TPSA) is 43.3 Å². The van der Waals surface area contributed by atoms with Crippen LogP contribution in [0.1, 0.15) is 39.5 Å². The van der Waals surface area contributed by atoms with Crippen molar-refractivity contribution in [3.8, 4) is 0 Å². The van der Waals surface area contributed by atoms with Gasteiger partial charge in [0.25, 0.3) is 0 Å². The third kappa shape index (κ3) is 7.86. The molecule has 1 unspecified atom stereocenters. The molecule has 0 aromatic heterocycles. The van der Waals surface area contributed by atoms with Crippen molar-refractivity contribution < 1.29 is 4.74 Å². The molecule has 2 fully saturated rings. The molecule has 0 aromatic rings. The van der Waals surface area contributed by atoms with Gasteiger partial charge in [0.1, 0.15) is 0 Å². The Hall–Kier alpha value is -0.120. The highest BCUT2D eigenvalue weighted by molar-refractivity contribution is 14.0. The molecule has 0 aromatic carbocycles. The number of morpholine rings is 1. The number of guanidine groups is 1. The third-order valence-electron chi connectivity index (χ3n) is 5.25. The number of hydrogen-bond acceptors (Lipinski definition) is 4. The van der Waals surface area contributed by atoms with Crippen molar-refractivity contribution >= 4 is 29.9 Å². The van der Waals surface area contributed by atoms with E-state index in [1.807, 2.05) is 7.05 Å². The molecular weight excluding hydrogens is 441 g/mol. The van der Waals surface area contributed by atoms with E-state index in [-0.39, 0.29) is 24.0 Å². The van der Waals surface area contributed by atoms with E-state index in [2.05, 4.69) is 38.9 Å². The molecule has 1 atom stereocenters. The lowest BCUT2D eigenvalue weighted by atomic mass is 10.2. The Balaban J connectivity index is 0.00000338. The molecule has 0 radical (unpaired) electrons. The normalized spacial score (nSPS) is 21.9. The van der Waals surface area contributed by atoms with Crippen LogP contribution in [-0.4, -0.2) is 99.3 Å². The number of ether oxygens (including phenoxy) is 1. The average molecular weight is 481 g/mol. The van der Waals surface area contributed by atoms with Crippen LogP contribution in [-0.2, 0) is 4.74 Å². The van der Waals surface area contributed by atoms with Crippen LogP contribution >= 0.6 is 24.0 Å². The van der Waals surface area contributed by atoms with Crippen molar-refractivity contribution in [2.75, 3.05) is 72.6 Å². The van der Waals surface area contributed by atoms with Crippen molar-refractivity contribution in [2.45, 2.75) is 45.6 Å². The highest BCUT2D eigenvalue weighted by Crippen LogP contribution is 2.17. The lowest BCUT2D eigenvalue weighted by molar-refractivity contribution is 0.0195. The molecule has 154 valence electrons. The maximum Gasteiger partial charge on any atom is 0.193 e. The zero-order chi connectivity index (χ0) is 17.9. The molecule has 0 spiro atoms. The van der Waals surface area contributed by atoms with Crippen LogP contribution in [0.2, 0.25) is 0 Å². The fourth-order valence-electron chi connectivity index (χ4n) is 3.98. The van der Waals surface area contributed by atoms with E-state index in [1.54, 1.807) is 0 Å². The van der Waals surface area contributed by atoms with Gasteiger partial charge in [-0.25, -0.2) is 0 Å². The molecule has 1 N–H and O–H groups in total. The highest BCUT2D eigenvalue weighted by atomic mass is 127. The fourth-order valence-corrected chi connectivity index (χ4v) is 3.98. The van der Waals surface area contributed by atoms with Crippen LogP contribution in [0, 0.1) is 0 Å². The SMILES string of the molecule is CCCN(CCC)CCCNC(=NC)N1CCC(N2CCOCC2)C1.I. The monoisotopic (exact) mass is 481 g/mol. The summed E-state index contributed by atoms with van der Waals surface area (Å²) in [7, 11) is 1.91. The van der Waals surface area contributed by atoms with Gasteiger partial charge in [-0.3, -0.25) is 9.89 Å². The number of rotatable bonds is 9. The summed E-state index contributed by atoms with van der Waals surface area (Å²) < 4.78 is 5.48. The molecule has 2 aliphatic heterocycles. The van der Waals surface area contributed by atoms with Crippen LogP contribution in [0.15, 0.2) is 4.99 Å². The van der Waals surface area contributed by atoms with E-state index in [0.717, 1.165) is 51.9 Å². The highest BCUT2D eigenvalue weighted by Gasteiger charge is 2.30. The summed E-state index contributed by atoms with van der Waals surface area (Å²) in [6.07, 6.45) is 4.90. The van der Waals surface area contributed by atoms with Crippen molar-refractivity contribution in [2.24, 2.45) is 4.99 Å². The molecule has 2 heterocycles. The summed E-state index contributed by atoms with van der Waals surface area (Å²) >= 11 is 0. The number of halogens is 1. The van der Waals surface area contributed by atoms with Gasteiger partial charge in [-0.1, -0.05) is 13.8 Å². The smallest absolute Gasteiger partial charge is 0.193 e. The largest absolute Gasteiger partial charge is 0.379 e. The van der Waals surface area contributed by atoms with Crippen LogP contribution in [0.3, 0.4) is 0 Å². The van der Waals surface area contributed by atoms with Crippen LogP contribution in [0.25, 0.3) is 0 Å². The molecular formula is C19H40IN5O. The van der Waals surface area contributed by atoms with Crippen molar-refractivity contribution in [3.05, 3.63) is 0 Å². The Bertz CT molecular complexity index is 384. The number of hydrogen-bond donors (Lipinski definition) is 1. The molecule has 7 heteroatoms. The summed E-state index contributed by atoms with van der Waals surface area (Å²) in [6.45, 7) is 15.3. The van der Waals surface area contributed by atoms with Gasteiger partial charge in [-0.2, -0.15) is 0 Å². The maximum absolute atomic E-state index is 5.48. The number of likely N-dealkylation sites (tertiary alicyclic amines) is 1. The molecule has 26 heavy (non-hydrogen) atoms. The number of nitrogens with zero attached hydrogens (tertiary/aromatic N) is 4. The van der Waals surface area contributed by atoms with Crippen molar-refractivity contribution in [1.82, 2.24) is 20.0 Å². The first-order valence-electron chi connectivity index (χ1n) is 10.3. The summed E-state index contributed by atoms with van der Waals surface area (Å²) in [4.78, 5) is 12.1. The molecule has 0 amide bonds. The Labute approximate surface area is 177 Å². The first-order chi connectivity index (χ1) is 12.3. The standard InChI is InChI=1S/C19H39N5O.HI/c1-4-9-22(10-5-2)11-6-8-21-19(20-3)24-12-7-18(17-24)23-13-15-25-16-14-23;/h18H,4-17H2,1-3H3,(H,20,21);1H. The quantitative estimate of drug-likeness (QED) is 0.237. The minimum absolute atomic E-state index is 0. The number of aliphatic imine (C=N–C) groups is 1. The van der Waals surface area contributed by atoms with Gasteiger partial charge in [-0.15, -0.1) is 24.0 Å². The second kappa shape index (κ2) is 14.0. The van der Waals surface area contributed by atoms with Gasteiger partial charge < -0.3 is 19.9 Å². The lowest BCUT2D eigenvalue weighted by Crippen LogP contribution is -2.47. The van der Waals surface area contributed by atoms with Crippen LogP contribution < -0.4 is 5.32 Å². The Morgan fingerprint density at radius 1 is 1.12 bits per heavy atom. The van der Waals surface area contributed by atoms with Gasteiger partial charge in [0.15, 0.2) is 5.96 Å². The van der Waals surface area contributed by atoms with Gasteiger partial charge in [0, 0.05) is 45.8 Å². The van der Waals surface area contributed by atoms with Gasteiger partial charge in [0.2, 0.25) is 0 Å². The van der Waals surface area contributed by atoms with Crippen molar-refractivity contribution in [1.29, 1.82) is 0 Å². The zero-order valence-corrected chi connectivity index (χ0v) is 19.4. The van der Waals surface area contributed by atoms with Gasteiger partial charge in [0.05, 0.1) is 13.2 Å². The van der Waals surface area contributed by atoms with Crippen molar-refractivity contribution in [3.63, 3.8) is 0 Å². The minimum Gasteiger partial charge on any atom is -0.379 e. The fraction of sp³-hybridized carbons (Fsp3) is 0.947. The van der Waals surface area contributed by atoms with E-state index in [1.165, 1.54) is 45.3 Å². The second-order valence-electron chi connectivity index (χ2n) is 7.21. The van der Waals surface area contributed by atoms with Crippen LogP contribution in [0.5, 0.6) is 0 Å². The minimum atomic E-state index is 0. The Kier molecular flexibility index (Phi) is 12.8. The Morgan fingerprint density at radius 2 is 1.81 bits per heavy atom. The summed E-state index contributed by atoms with van der Waals surface area (Å²) in [6, 6.07) is 0.659. The Morgan fingerprint density at radius 3 is 2.42 bits per heavy atom. The zero-order valence-electron chi connectivity index (χ0n) is 17.1. The summed E-state index contributed by atoms with van der Waals surface area (Å²) in [5.74, 6) is 1.08. The molecule has 0 bridgehead atoms. The molecule has 2 aliphatic rings. The van der Waals surface area contributed by atoms with E-state index in [4.69, 9.17) is 4.74 Å². The molecule has 6 nitrogen and oxygen atoms in total. The van der Waals surface area contributed by atoms with E-state index in [0.29, 0.717) is 6.04 Å². The lowest BCUT2D eigenvalue weighted by Gasteiger charge is -2.32. The average Bonchev–Trinajstić information content (AvgIpc) is 3.13. The predicted octanol–water partition coefficient (Wildman–Crippen LogP) is 2.10. The third-order valence-corrected chi connectivity index (χ3v) is 5.25. The van der Waals surface area contributed by atoms with Crippen LogP contribution in [0.4, 0.5) is 0 Å². The van der Waals surface area contributed by atoms with E-state index in [9.17, 15) is 0 Å². The predicted molar refractivity (Wildman–Crippen MR) is 121 cm³/mol. The second-order valence-corrected chi connectivity index (χ2v) is 7.21. The van der Waals surface area contributed by atoms with E-state index >= 15 is 0 Å². The van der Waals surface area contributed by atoms with Gasteiger partial charge in [-0.05, 0) is 45.3 Å². The van der Waals surface area contributed by atoms with Gasteiger partial charge >= 0.3 is 0 Å². The first kappa shape index (κ1) is 23.9. The molecule has 0 aliphatic carbocycles. The van der Waals surface area contributed by atoms with E-state index < -0.39 is 0 Å². The first-order valence-corrected chi connectivity index (χ1v) is 10.3. The summed E-state index contributed by atoms with van der Waals surface area (Å²) in [5.41, 5.74) is 0.